The molecule has 2 aromatic rings. The highest BCUT2D eigenvalue weighted by molar-refractivity contribution is 7.91. The standard InChI is InChI=1S/C22H27F3N4O5S2.ClH/c1-29(21(30)28-16-6-5-11-26-15-16)13-12-27-36(33,34)20-14-18(9-10-19(20)22(23,24)25)35(31,32)17-7-3-2-4-8-17;/h2-4,7-10,14,16,26-27H,5-6,11-13,15H2,1H3,(H,28,30);1H/t16-;/m0./s1. The number of likely N-dealkylation sites (N-methyl/N-ethyl adjacent to an activating group) is 1. The van der Waals surface area contributed by atoms with Gasteiger partial charge in [0.2, 0.25) is 19.9 Å². The molecule has 2 amide bonds. The summed E-state index contributed by atoms with van der Waals surface area (Å²) >= 11 is 0. The molecular weight excluding hydrogens is 557 g/mol. The van der Waals surface area contributed by atoms with Crippen LogP contribution in [0.1, 0.15) is 18.4 Å². The monoisotopic (exact) mass is 584 g/mol. The molecule has 0 aromatic heterocycles. The Kier molecular flexibility index (Phi) is 10.4. The number of halogens is 4. The van der Waals surface area contributed by atoms with Gasteiger partial charge in [-0.25, -0.2) is 26.4 Å². The molecule has 1 atom stereocenters. The predicted octanol–water partition coefficient (Wildman–Crippen LogP) is 2.63. The van der Waals surface area contributed by atoms with Crippen molar-refractivity contribution in [2.75, 3.05) is 33.2 Å². The van der Waals surface area contributed by atoms with Crippen LogP contribution in [0.5, 0.6) is 0 Å². The molecule has 0 radical (unpaired) electrons. The van der Waals surface area contributed by atoms with Crippen LogP contribution < -0.4 is 15.4 Å². The zero-order chi connectivity index (χ0) is 26.6. The number of piperidine rings is 1. The molecule has 9 nitrogen and oxygen atoms in total. The number of sulfonamides is 1. The van der Waals surface area contributed by atoms with E-state index in [4.69, 9.17) is 0 Å². The molecule has 3 rings (SSSR count). The summed E-state index contributed by atoms with van der Waals surface area (Å²) in [6, 6.07) is 8.08. The second-order valence-electron chi connectivity index (χ2n) is 8.28. The molecule has 15 heteroatoms. The van der Waals surface area contributed by atoms with Crippen LogP contribution in [-0.2, 0) is 26.0 Å². The molecule has 1 heterocycles. The molecular formula is C22H28ClF3N4O5S2. The lowest BCUT2D eigenvalue weighted by Gasteiger charge is -2.26. The molecule has 3 N–H and O–H groups in total. The fourth-order valence-corrected chi connectivity index (χ4v) is 6.30. The number of carbonyl (C=O) groups excluding carboxylic acids is 1. The van der Waals surface area contributed by atoms with Gasteiger partial charge in [0.05, 0.1) is 20.2 Å². The first-order chi connectivity index (χ1) is 16.8. The number of hydrogen-bond acceptors (Lipinski definition) is 6. The van der Waals surface area contributed by atoms with Gasteiger partial charge in [0, 0.05) is 32.7 Å². The van der Waals surface area contributed by atoms with E-state index in [9.17, 15) is 34.8 Å². The average Bonchev–Trinajstić information content (AvgIpc) is 2.84. The van der Waals surface area contributed by atoms with Gasteiger partial charge in [-0.15, -0.1) is 12.4 Å². The first-order valence-corrected chi connectivity index (χ1v) is 14.0. The third kappa shape index (κ3) is 7.80. The summed E-state index contributed by atoms with van der Waals surface area (Å²) in [6.07, 6.45) is -3.36. The van der Waals surface area contributed by atoms with Crippen LogP contribution in [0, 0.1) is 0 Å². The Balaban J connectivity index is 0.00000481. The van der Waals surface area contributed by atoms with Crippen LogP contribution in [-0.4, -0.2) is 67.0 Å². The molecule has 2 aromatic carbocycles. The van der Waals surface area contributed by atoms with E-state index < -0.39 is 47.4 Å². The molecule has 1 saturated heterocycles. The second kappa shape index (κ2) is 12.4. The van der Waals surface area contributed by atoms with Crippen molar-refractivity contribution in [3.8, 4) is 0 Å². The number of rotatable bonds is 8. The van der Waals surface area contributed by atoms with Gasteiger partial charge < -0.3 is 15.5 Å². The minimum atomic E-state index is -5.05. The lowest BCUT2D eigenvalue weighted by atomic mass is 10.1. The number of carbonyl (C=O) groups is 1. The molecule has 0 saturated carbocycles. The van der Waals surface area contributed by atoms with Crippen molar-refractivity contribution < 1.29 is 34.8 Å². The first kappa shape index (κ1) is 30.8. The van der Waals surface area contributed by atoms with E-state index in [0.29, 0.717) is 18.7 Å². The van der Waals surface area contributed by atoms with Crippen molar-refractivity contribution in [1.29, 1.82) is 0 Å². The van der Waals surface area contributed by atoms with E-state index in [1.54, 1.807) is 6.07 Å². The highest BCUT2D eigenvalue weighted by Gasteiger charge is 2.38. The summed E-state index contributed by atoms with van der Waals surface area (Å²) in [4.78, 5) is 11.5. The zero-order valence-corrected chi connectivity index (χ0v) is 22.2. The largest absolute Gasteiger partial charge is 0.417 e. The van der Waals surface area contributed by atoms with Gasteiger partial charge in [-0.2, -0.15) is 13.2 Å². The topological polar surface area (TPSA) is 125 Å². The summed E-state index contributed by atoms with van der Waals surface area (Å²) in [7, 11) is -7.63. The lowest BCUT2D eigenvalue weighted by Crippen LogP contribution is -2.50. The Morgan fingerprint density at radius 2 is 1.76 bits per heavy atom. The summed E-state index contributed by atoms with van der Waals surface area (Å²) in [5.74, 6) is 0. The third-order valence-corrected chi connectivity index (χ3v) is 8.89. The Hall–Kier alpha value is -2.39. The van der Waals surface area contributed by atoms with Gasteiger partial charge in [-0.1, -0.05) is 18.2 Å². The Labute approximate surface area is 220 Å². The molecule has 0 spiro atoms. The van der Waals surface area contributed by atoms with E-state index in [1.807, 2.05) is 4.72 Å². The van der Waals surface area contributed by atoms with E-state index >= 15 is 0 Å². The van der Waals surface area contributed by atoms with Crippen LogP contribution >= 0.6 is 12.4 Å². The number of hydrogen-bond donors (Lipinski definition) is 3. The molecule has 0 unspecified atom stereocenters. The highest BCUT2D eigenvalue weighted by Crippen LogP contribution is 2.36. The van der Waals surface area contributed by atoms with E-state index in [0.717, 1.165) is 25.5 Å². The maximum Gasteiger partial charge on any atom is 0.417 e. The van der Waals surface area contributed by atoms with Crippen LogP contribution in [0.25, 0.3) is 0 Å². The summed E-state index contributed by atoms with van der Waals surface area (Å²) < 4.78 is 94.3. The molecule has 37 heavy (non-hydrogen) atoms. The first-order valence-electron chi connectivity index (χ1n) is 11.1. The maximum atomic E-state index is 13.6. The predicted molar refractivity (Wildman–Crippen MR) is 133 cm³/mol. The summed E-state index contributed by atoms with van der Waals surface area (Å²) in [5.41, 5.74) is -1.50. The number of benzene rings is 2. The quantitative estimate of drug-likeness (QED) is 0.438. The summed E-state index contributed by atoms with van der Waals surface area (Å²) in [5, 5.41) is 5.94. The fraction of sp³-hybridized carbons (Fsp3) is 0.409. The minimum absolute atomic E-state index is 0. The van der Waals surface area contributed by atoms with Gasteiger partial charge in [0.15, 0.2) is 0 Å². The van der Waals surface area contributed by atoms with Crippen LogP contribution in [0.2, 0.25) is 0 Å². The number of nitrogens with zero attached hydrogens (tertiary/aromatic N) is 1. The van der Waals surface area contributed by atoms with Gasteiger partial charge in [-0.05, 0) is 49.7 Å². The van der Waals surface area contributed by atoms with Crippen LogP contribution in [0.3, 0.4) is 0 Å². The van der Waals surface area contributed by atoms with Crippen molar-refractivity contribution in [2.45, 2.75) is 39.7 Å². The van der Waals surface area contributed by atoms with Crippen LogP contribution in [0.15, 0.2) is 63.2 Å². The van der Waals surface area contributed by atoms with E-state index in [-0.39, 0.29) is 36.4 Å². The number of sulfone groups is 1. The van der Waals surface area contributed by atoms with Gasteiger partial charge >= 0.3 is 12.2 Å². The normalized spacial score (nSPS) is 16.5. The van der Waals surface area contributed by atoms with Crippen molar-refractivity contribution in [3.05, 3.63) is 54.1 Å². The van der Waals surface area contributed by atoms with Crippen molar-refractivity contribution in [3.63, 3.8) is 0 Å². The average molecular weight is 585 g/mol. The van der Waals surface area contributed by atoms with Gasteiger partial charge in [0.25, 0.3) is 0 Å². The molecule has 206 valence electrons. The maximum absolute atomic E-state index is 13.6. The Morgan fingerprint density at radius 3 is 2.35 bits per heavy atom. The SMILES string of the molecule is CN(CCNS(=O)(=O)c1cc(S(=O)(=O)c2ccccc2)ccc1C(F)(F)F)C(=O)N[C@H]1CCCNC1.Cl. The van der Waals surface area contributed by atoms with Crippen LogP contribution in [0.4, 0.5) is 18.0 Å². The van der Waals surface area contributed by atoms with Gasteiger partial charge in [0.1, 0.15) is 0 Å². The van der Waals surface area contributed by atoms with Crippen molar-refractivity contribution in [1.82, 2.24) is 20.3 Å². The molecule has 0 bridgehead atoms. The van der Waals surface area contributed by atoms with E-state index in [1.165, 1.54) is 36.2 Å². The lowest BCUT2D eigenvalue weighted by molar-refractivity contribution is -0.139. The molecule has 0 aliphatic carbocycles. The molecule has 1 aliphatic rings. The number of nitrogens with one attached hydrogen (secondary N) is 3. The van der Waals surface area contributed by atoms with E-state index in [2.05, 4.69) is 10.6 Å². The second-order valence-corrected chi connectivity index (χ2v) is 12.0. The fourth-order valence-electron chi connectivity index (χ4n) is 3.65. The zero-order valence-electron chi connectivity index (χ0n) is 19.8. The Bertz CT molecular complexity index is 1290. The molecule has 1 fully saturated rings. The Morgan fingerprint density at radius 1 is 1.08 bits per heavy atom. The van der Waals surface area contributed by atoms with Crippen molar-refractivity contribution >= 4 is 38.3 Å². The minimum Gasteiger partial charge on any atom is -0.334 e. The number of urea groups is 1. The number of amides is 2. The number of alkyl halides is 3. The third-order valence-electron chi connectivity index (χ3n) is 5.62. The van der Waals surface area contributed by atoms with Gasteiger partial charge in [-0.3, -0.25) is 0 Å². The van der Waals surface area contributed by atoms with Crippen molar-refractivity contribution in [2.24, 2.45) is 0 Å². The highest BCUT2D eigenvalue weighted by atomic mass is 35.5. The summed E-state index contributed by atoms with van der Waals surface area (Å²) in [6.45, 7) is 0.948. The molecule has 1 aliphatic heterocycles. The smallest absolute Gasteiger partial charge is 0.334 e.